The zero-order chi connectivity index (χ0) is 18.1. The Kier molecular flexibility index (Phi) is 4.05. The highest BCUT2D eigenvalue weighted by Crippen LogP contribution is 2.28. The van der Waals surface area contributed by atoms with Crippen LogP contribution in [0.3, 0.4) is 0 Å². The summed E-state index contributed by atoms with van der Waals surface area (Å²) in [5, 5.41) is 5.11. The number of aromatic nitrogens is 2. The third kappa shape index (κ3) is 2.77. The van der Waals surface area contributed by atoms with E-state index in [2.05, 4.69) is 5.10 Å². The first-order valence-electron chi connectivity index (χ1n) is 8.16. The largest absolute Gasteiger partial charge is 0.497 e. The van der Waals surface area contributed by atoms with Crippen molar-refractivity contribution in [2.75, 3.05) is 14.2 Å². The van der Waals surface area contributed by atoms with Crippen molar-refractivity contribution in [3.63, 3.8) is 0 Å². The highest BCUT2D eigenvalue weighted by atomic mass is 19.1. The minimum absolute atomic E-state index is 0.201. The van der Waals surface area contributed by atoms with Crippen LogP contribution in [0.1, 0.15) is 0 Å². The molecular formula is C21H17FN2O2. The highest BCUT2D eigenvalue weighted by molar-refractivity contribution is 5.82. The van der Waals surface area contributed by atoms with Gasteiger partial charge in [0.15, 0.2) is 11.6 Å². The number of fused-ring (bicyclic) bond motifs is 1. The van der Waals surface area contributed by atoms with Crippen LogP contribution in [-0.4, -0.2) is 24.0 Å². The van der Waals surface area contributed by atoms with E-state index in [0.29, 0.717) is 0 Å². The fraction of sp³-hybridized carbons (Fsp3) is 0.0952. The van der Waals surface area contributed by atoms with E-state index >= 15 is 0 Å². The van der Waals surface area contributed by atoms with E-state index in [1.165, 1.54) is 13.2 Å². The number of nitrogens with zero attached hydrogens (tertiary/aromatic N) is 2. The van der Waals surface area contributed by atoms with Gasteiger partial charge in [0.25, 0.3) is 0 Å². The minimum atomic E-state index is -0.395. The van der Waals surface area contributed by atoms with Crippen LogP contribution < -0.4 is 9.47 Å². The molecule has 1 aromatic heterocycles. The second-order valence-electron chi connectivity index (χ2n) is 5.88. The van der Waals surface area contributed by atoms with E-state index in [9.17, 15) is 4.39 Å². The molecule has 1 heterocycles. The van der Waals surface area contributed by atoms with E-state index in [1.807, 2.05) is 48.5 Å². The predicted octanol–water partition coefficient (Wildman–Crippen LogP) is 4.85. The van der Waals surface area contributed by atoms with Crippen molar-refractivity contribution in [1.29, 1.82) is 0 Å². The molecule has 0 aliphatic carbocycles. The first kappa shape index (κ1) is 16.1. The number of hydrogen-bond acceptors (Lipinski definition) is 3. The second-order valence-corrected chi connectivity index (χ2v) is 5.88. The Morgan fingerprint density at radius 1 is 0.885 bits per heavy atom. The molecule has 4 aromatic rings. The first-order chi connectivity index (χ1) is 12.7. The maximum absolute atomic E-state index is 13.9. The van der Waals surface area contributed by atoms with E-state index in [-0.39, 0.29) is 5.75 Å². The third-order valence-electron chi connectivity index (χ3n) is 4.36. The lowest BCUT2D eigenvalue weighted by Gasteiger charge is -2.08. The zero-order valence-electron chi connectivity index (χ0n) is 14.4. The molecule has 4 nitrogen and oxygen atoms in total. The zero-order valence-corrected chi connectivity index (χ0v) is 14.4. The topological polar surface area (TPSA) is 36.3 Å². The molecule has 130 valence electrons. The summed E-state index contributed by atoms with van der Waals surface area (Å²) in [6.07, 6.45) is 1.65. The second kappa shape index (κ2) is 6.52. The van der Waals surface area contributed by atoms with Crippen LogP contribution in [-0.2, 0) is 0 Å². The van der Waals surface area contributed by atoms with Crippen molar-refractivity contribution in [2.24, 2.45) is 0 Å². The highest BCUT2D eigenvalue weighted by Gasteiger charge is 2.11. The first-order valence-corrected chi connectivity index (χ1v) is 8.16. The predicted molar refractivity (Wildman–Crippen MR) is 99.6 cm³/mol. The smallest absolute Gasteiger partial charge is 0.165 e. The summed E-state index contributed by atoms with van der Waals surface area (Å²) in [6.45, 7) is 0. The fourth-order valence-electron chi connectivity index (χ4n) is 2.99. The molecule has 0 amide bonds. The van der Waals surface area contributed by atoms with Gasteiger partial charge in [0.2, 0.25) is 0 Å². The Labute approximate surface area is 150 Å². The molecule has 5 heteroatoms. The molecule has 0 saturated carbocycles. The Bertz CT molecular complexity index is 1070. The molecule has 0 aliphatic rings. The van der Waals surface area contributed by atoms with E-state index in [1.54, 1.807) is 24.1 Å². The Balaban J connectivity index is 1.74. The maximum Gasteiger partial charge on any atom is 0.165 e. The molecule has 0 saturated heterocycles. The Morgan fingerprint density at radius 2 is 1.69 bits per heavy atom. The summed E-state index contributed by atoms with van der Waals surface area (Å²) in [7, 11) is 3.11. The minimum Gasteiger partial charge on any atom is -0.497 e. The monoisotopic (exact) mass is 348 g/mol. The van der Waals surface area contributed by atoms with E-state index in [4.69, 9.17) is 9.47 Å². The van der Waals surface area contributed by atoms with Crippen molar-refractivity contribution in [1.82, 2.24) is 9.78 Å². The Morgan fingerprint density at radius 3 is 2.42 bits per heavy atom. The molecule has 0 radical (unpaired) electrons. The summed E-state index contributed by atoms with van der Waals surface area (Å²) >= 11 is 0. The standard InChI is InChI=1S/C21H17FN2O2/c1-25-18-5-3-4-15(10-18)14-6-8-17(9-7-14)24-20-12-21(26-2)19(22)11-16(20)13-23-24/h3-13H,1-2H3. The number of hydrogen-bond donors (Lipinski definition) is 0. The maximum atomic E-state index is 13.9. The number of rotatable bonds is 4. The lowest BCUT2D eigenvalue weighted by molar-refractivity contribution is 0.387. The van der Waals surface area contributed by atoms with Crippen molar-refractivity contribution in [3.8, 4) is 28.3 Å². The molecule has 26 heavy (non-hydrogen) atoms. The quantitative estimate of drug-likeness (QED) is 0.529. The van der Waals surface area contributed by atoms with Gasteiger partial charge >= 0.3 is 0 Å². The third-order valence-corrected chi connectivity index (χ3v) is 4.36. The van der Waals surface area contributed by atoms with Gasteiger partial charge in [0, 0.05) is 11.5 Å². The number of methoxy groups -OCH3 is 2. The van der Waals surface area contributed by atoms with Crippen LogP contribution in [0.4, 0.5) is 4.39 Å². The van der Waals surface area contributed by atoms with Crippen molar-refractivity contribution >= 4 is 10.9 Å². The number of ether oxygens (including phenoxy) is 2. The van der Waals surface area contributed by atoms with Gasteiger partial charge in [-0.25, -0.2) is 9.07 Å². The average molecular weight is 348 g/mol. The summed E-state index contributed by atoms with van der Waals surface area (Å²) in [5.74, 6) is 0.624. The van der Waals surface area contributed by atoms with Gasteiger partial charge < -0.3 is 9.47 Å². The molecular weight excluding hydrogens is 331 g/mol. The van der Waals surface area contributed by atoms with Gasteiger partial charge in [-0.1, -0.05) is 24.3 Å². The molecule has 0 bridgehead atoms. The normalized spacial score (nSPS) is 10.9. The fourth-order valence-corrected chi connectivity index (χ4v) is 2.99. The molecule has 0 aliphatic heterocycles. The molecule has 4 rings (SSSR count). The van der Waals surface area contributed by atoms with E-state index < -0.39 is 5.82 Å². The van der Waals surface area contributed by atoms with Crippen molar-refractivity contribution in [2.45, 2.75) is 0 Å². The number of halogens is 1. The molecule has 0 fully saturated rings. The summed E-state index contributed by atoms with van der Waals surface area (Å²) in [5.41, 5.74) is 3.83. The van der Waals surface area contributed by atoms with E-state index in [0.717, 1.165) is 33.5 Å². The summed E-state index contributed by atoms with van der Waals surface area (Å²) in [6, 6.07) is 19.0. The van der Waals surface area contributed by atoms with Crippen LogP contribution in [0.5, 0.6) is 11.5 Å². The van der Waals surface area contributed by atoms with Gasteiger partial charge in [-0.05, 0) is 41.5 Å². The van der Waals surface area contributed by atoms with Crippen molar-refractivity contribution < 1.29 is 13.9 Å². The lowest BCUT2D eigenvalue weighted by atomic mass is 10.1. The van der Waals surface area contributed by atoms with Crippen molar-refractivity contribution in [3.05, 3.63) is 72.7 Å². The van der Waals surface area contributed by atoms with Gasteiger partial charge in [-0.2, -0.15) is 5.10 Å². The SMILES string of the molecule is COc1cccc(-c2ccc(-n3ncc4cc(F)c(OC)cc43)cc2)c1. The van der Waals surface area contributed by atoms with Gasteiger partial charge in [0.05, 0.1) is 31.6 Å². The van der Waals surface area contributed by atoms with Gasteiger partial charge in [-0.3, -0.25) is 0 Å². The van der Waals surface area contributed by atoms with Gasteiger partial charge in [-0.15, -0.1) is 0 Å². The number of benzene rings is 3. The van der Waals surface area contributed by atoms with Gasteiger partial charge in [0.1, 0.15) is 5.75 Å². The molecule has 0 unspecified atom stereocenters. The summed E-state index contributed by atoms with van der Waals surface area (Å²) in [4.78, 5) is 0. The van der Waals surface area contributed by atoms with Crippen LogP contribution in [0.25, 0.3) is 27.7 Å². The van der Waals surface area contributed by atoms with Crippen LogP contribution in [0.2, 0.25) is 0 Å². The van der Waals surface area contributed by atoms with Crippen LogP contribution >= 0.6 is 0 Å². The summed E-state index contributed by atoms with van der Waals surface area (Å²) < 4.78 is 26.0. The molecule has 0 atom stereocenters. The average Bonchev–Trinajstić information content (AvgIpc) is 3.10. The molecule has 3 aromatic carbocycles. The Hall–Kier alpha value is -3.34. The van der Waals surface area contributed by atoms with Crippen LogP contribution in [0.15, 0.2) is 66.9 Å². The van der Waals surface area contributed by atoms with Crippen LogP contribution in [0, 0.1) is 5.82 Å². The molecule has 0 N–H and O–H groups in total. The molecule has 0 spiro atoms. The lowest BCUT2D eigenvalue weighted by Crippen LogP contribution is -1.97.